The van der Waals surface area contributed by atoms with E-state index in [4.69, 9.17) is 9.15 Å². The van der Waals surface area contributed by atoms with Gasteiger partial charge in [-0.1, -0.05) is 6.42 Å². The topological polar surface area (TPSA) is 42.7 Å². The fourth-order valence-corrected chi connectivity index (χ4v) is 3.55. The SMILES string of the molecule is O=C(/C=C/c1ccco1)OCC1CCCN2CCCCC12. The molecule has 0 aliphatic carbocycles. The Morgan fingerprint density at radius 3 is 3.10 bits per heavy atom. The van der Waals surface area contributed by atoms with E-state index in [0.29, 0.717) is 24.3 Å². The number of piperidine rings is 2. The smallest absolute Gasteiger partial charge is 0.330 e. The summed E-state index contributed by atoms with van der Waals surface area (Å²) in [7, 11) is 0. The predicted octanol–water partition coefficient (Wildman–Crippen LogP) is 3.10. The van der Waals surface area contributed by atoms with Gasteiger partial charge in [-0.3, -0.25) is 4.90 Å². The van der Waals surface area contributed by atoms with Crippen molar-refractivity contribution in [1.29, 1.82) is 0 Å². The Morgan fingerprint density at radius 1 is 1.33 bits per heavy atom. The lowest BCUT2D eigenvalue weighted by atomic mass is 9.84. The highest BCUT2D eigenvalue weighted by atomic mass is 16.5. The summed E-state index contributed by atoms with van der Waals surface area (Å²) in [6, 6.07) is 4.23. The van der Waals surface area contributed by atoms with Crippen molar-refractivity contribution in [3.05, 3.63) is 30.2 Å². The summed E-state index contributed by atoms with van der Waals surface area (Å²) in [4.78, 5) is 14.4. The van der Waals surface area contributed by atoms with Gasteiger partial charge in [-0.25, -0.2) is 4.79 Å². The van der Waals surface area contributed by atoms with Crippen molar-refractivity contribution in [2.75, 3.05) is 19.7 Å². The third kappa shape index (κ3) is 3.76. The van der Waals surface area contributed by atoms with E-state index in [1.165, 1.54) is 51.3 Å². The quantitative estimate of drug-likeness (QED) is 0.631. The maximum absolute atomic E-state index is 11.8. The number of hydrogen-bond donors (Lipinski definition) is 0. The molecule has 21 heavy (non-hydrogen) atoms. The van der Waals surface area contributed by atoms with Gasteiger partial charge in [0, 0.05) is 18.0 Å². The molecule has 2 aliphatic rings. The van der Waals surface area contributed by atoms with Crippen LogP contribution in [0, 0.1) is 5.92 Å². The molecule has 1 aromatic heterocycles. The van der Waals surface area contributed by atoms with E-state index in [1.54, 1.807) is 18.4 Å². The first-order chi connectivity index (χ1) is 10.3. The van der Waals surface area contributed by atoms with Crippen LogP contribution in [-0.4, -0.2) is 36.6 Å². The van der Waals surface area contributed by atoms with Gasteiger partial charge in [-0.05, 0) is 57.0 Å². The minimum Gasteiger partial charge on any atom is -0.465 e. The van der Waals surface area contributed by atoms with E-state index < -0.39 is 0 Å². The van der Waals surface area contributed by atoms with Gasteiger partial charge in [-0.15, -0.1) is 0 Å². The molecule has 0 radical (unpaired) electrons. The average Bonchev–Trinajstić information content (AvgIpc) is 3.04. The van der Waals surface area contributed by atoms with E-state index in [0.717, 1.165) is 0 Å². The molecular formula is C17H23NO3. The molecule has 0 N–H and O–H groups in total. The highest BCUT2D eigenvalue weighted by Gasteiger charge is 2.33. The van der Waals surface area contributed by atoms with Crippen molar-refractivity contribution < 1.29 is 13.9 Å². The largest absolute Gasteiger partial charge is 0.465 e. The number of carbonyl (C=O) groups is 1. The normalized spacial score (nSPS) is 26.7. The van der Waals surface area contributed by atoms with Gasteiger partial charge in [0.1, 0.15) is 5.76 Å². The van der Waals surface area contributed by atoms with E-state index in [2.05, 4.69) is 4.90 Å². The molecule has 3 rings (SSSR count). The molecular weight excluding hydrogens is 266 g/mol. The summed E-state index contributed by atoms with van der Waals surface area (Å²) >= 11 is 0. The molecule has 2 unspecified atom stereocenters. The number of furan rings is 1. The summed E-state index contributed by atoms with van der Waals surface area (Å²) < 4.78 is 10.6. The Kier molecular flexibility index (Phi) is 4.76. The lowest BCUT2D eigenvalue weighted by Gasteiger charge is -2.44. The number of rotatable bonds is 4. The fraction of sp³-hybridized carbons (Fsp3) is 0.588. The number of esters is 1. The molecule has 2 saturated heterocycles. The second-order valence-corrected chi connectivity index (χ2v) is 5.98. The number of carbonyl (C=O) groups excluding carboxylic acids is 1. The maximum atomic E-state index is 11.8. The van der Waals surface area contributed by atoms with Crippen molar-refractivity contribution in [2.45, 2.75) is 38.1 Å². The van der Waals surface area contributed by atoms with Crippen molar-refractivity contribution in [3.63, 3.8) is 0 Å². The molecule has 114 valence electrons. The van der Waals surface area contributed by atoms with Gasteiger partial charge in [0.25, 0.3) is 0 Å². The molecule has 0 spiro atoms. The highest BCUT2D eigenvalue weighted by Crippen LogP contribution is 2.30. The summed E-state index contributed by atoms with van der Waals surface area (Å²) in [6.07, 6.45) is 11.0. The van der Waals surface area contributed by atoms with E-state index in [9.17, 15) is 4.79 Å². The molecule has 2 atom stereocenters. The van der Waals surface area contributed by atoms with Crippen molar-refractivity contribution >= 4 is 12.0 Å². The Labute approximate surface area is 125 Å². The fourth-order valence-electron chi connectivity index (χ4n) is 3.55. The zero-order chi connectivity index (χ0) is 14.5. The van der Waals surface area contributed by atoms with Crippen LogP contribution in [0.15, 0.2) is 28.9 Å². The van der Waals surface area contributed by atoms with E-state index in [-0.39, 0.29) is 5.97 Å². The number of hydrogen-bond acceptors (Lipinski definition) is 4. The summed E-state index contributed by atoms with van der Waals surface area (Å²) in [5.74, 6) is 0.891. The van der Waals surface area contributed by atoms with Crippen LogP contribution < -0.4 is 0 Å². The van der Waals surface area contributed by atoms with Crippen LogP contribution >= 0.6 is 0 Å². The van der Waals surface area contributed by atoms with Crippen LogP contribution in [0.4, 0.5) is 0 Å². The van der Waals surface area contributed by atoms with E-state index >= 15 is 0 Å². The van der Waals surface area contributed by atoms with Gasteiger partial charge < -0.3 is 9.15 Å². The molecule has 4 heteroatoms. The van der Waals surface area contributed by atoms with Crippen molar-refractivity contribution in [2.24, 2.45) is 5.92 Å². The van der Waals surface area contributed by atoms with Crippen molar-refractivity contribution in [3.8, 4) is 0 Å². The third-order valence-corrected chi connectivity index (χ3v) is 4.60. The molecule has 2 aliphatic heterocycles. The number of ether oxygens (including phenoxy) is 1. The molecule has 0 amide bonds. The molecule has 4 nitrogen and oxygen atoms in total. The van der Waals surface area contributed by atoms with Crippen LogP contribution in [0.5, 0.6) is 0 Å². The van der Waals surface area contributed by atoms with Gasteiger partial charge in [0.05, 0.1) is 12.9 Å². The summed E-state index contributed by atoms with van der Waals surface area (Å²) in [6.45, 7) is 2.98. The first-order valence-electron chi connectivity index (χ1n) is 7.95. The standard InChI is InChI=1S/C17H23NO3/c19-17(9-8-15-6-4-12-20-15)21-13-14-5-3-11-18-10-2-1-7-16(14)18/h4,6,8-9,12,14,16H,1-3,5,7,10-11,13H2/b9-8+. The molecule has 3 heterocycles. The first-order valence-corrected chi connectivity index (χ1v) is 7.95. The Balaban J connectivity index is 1.48. The maximum Gasteiger partial charge on any atom is 0.330 e. The zero-order valence-electron chi connectivity index (χ0n) is 12.4. The molecule has 1 aromatic rings. The van der Waals surface area contributed by atoms with Crippen LogP contribution in [0.3, 0.4) is 0 Å². The number of nitrogens with zero attached hydrogens (tertiary/aromatic N) is 1. The Morgan fingerprint density at radius 2 is 2.24 bits per heavy atom. The third-order valence-electron chi connectivity index (χ3n) is 4.60. The lowest BCUT2D eigenvalue weighted by molar-refractivity contribution is -0.140. The van der Waals surface area contributed by atoms with Crippen LogP contribution in [0.25, 0.3) is 6.08 Å². The van der Waals surface area contributed by atoms with Gasteiger partial charge in [0.15, 0.2) is 0 Å². The van der Waals surface area contributed by atoms with E-state index in [1.807, 2.05) is 6.07 Å². The minimum atomic E-state index is -0.278. The predicted molar refractivity (Wildman–Crippen MR) is 80.6 cm³/mol. The minimum absolute atomic E-state index is 0.278. The molecule has 0 saturated carbocycles. The second-order valence-electron chi connectivity index (χ2n) is 5.98. The van der Waals surface area contributed by atoms with Gasteiger partial charge >= 0.3 is 5.97 Å². The van der Waals surface area contributed by atoms with Crippen molar-refractivity contribution in [1.82, 2.24) is 4.90 Å². The molecule has 2 fully saturated rings. The summed E-state index contributed by atoms with van der Waals surface area (Å²) in [5, 5.41) is 0. The Hall–Kier alpha value is -1.55. The zero-order valence-corrected chi connectivity index (χ0v) is 12.4. The number of fused-ring (bicyclic) bond motifs is 1. The Bertz CT molecular complexity index is 478. The molecule has 0 aromatic carbocycles. The average molecular weight is 289 g/mol. The highest BCUT2D eigenvalue weighted by molar-refractivity contribution is 5.86. The van der Waals surface area contributed by atoms with Gasteiger partial charge in [0.2, 0.25) is 0 Å². The first kappa shape index (κ1) is 14.4. The molecule has 0 bridgehead atoms. The monoisotopic (exact) mass is 289 g/mol. The summed E-state index contributed by atoms with van der Waals surface area (Å²) in [5.41, 5.74) is 0. The van der Waals surface area contributed by atoms with Crippen LogP contribution in [-0.2, 0) is 9.53 Å². The van der Waals surface area contributed by atoms with Gasteiger partial charge in [-0.2, -0.15) is 0 Å². The van der Waals surface area contributed by atoms with Crippen LogP contribution in [0.1, 0.15) is 37.9 Å². The second kappa shape index (κ2) is 6.94. The van der Waals surface area contributed by atoms with Crippen LogP contribution in [0.2, 0.25) is 0 Å². The lowest BCUT2D eigenvalue weighted by Crippen LogP contribution is -2.49.